The van der Waals surface area contributed by atoms with Crippen LogP contribution in [0.15, 0.2) is 47.4 Å². The van der Waals surface area contributed by atoms with Crippen LogP contribution in [0.3, 0.4) is 0 Å². The topological polar surface area (TPSA) is 37.3 Å². The summed E-state index contributed by atoms with van der Waals surface area (Å²) in [6.45, 7) is -0.0458. The molecule has 0 fully saturated rings. The third-order valence-electron chi connectivity index (χ3n) is 2.27. The summed E-state index contributed by atoms with van der Waals surface area (Å²) in [4.78, 5) is 0.808. The van der Waals surface area contributed by atoms with E-state index in [1.807, 2.05) is 42.5 Å². The van der Waals surface area contributed by atoms with Crippen LogP contribution in [0.2, 0.25) is 0 Å². The van der Waals surface area contributed by atoms with Gasteiger partial charge in [-0.15, -0.1) is 0 Å². The number of hydrogen-bond donors (Lipinski definition) is 1. The number of hydrogen-bond acceptors (Lipinski definition) is 2. The number of fused-ring (bicyclic) bond motifs is 1. The summed E-state index contributed by atoms with van der Waals surface area (Å²) in [7, 11) is -1.11. The van der Waals surface area contributed by atoms with Crippen molar-refractivity contribution in [3.05, 3.63) is 42.5 Å². The third-order valence-corrected chi connectivity index (χ3v) is 3.67. The maximum Gasteiger partial charge on any atom is 0.0559 e. The van der Waals surface area contributed by atoms with Crippen LogP contribution < -0.4 is 0 Å². The zero-order chi connectivity index (χ0) is 10.7. The van der Waals surface area contributed by atoms with Gasteiger partial charge in [0.15, 0.2) is 0 Å². The molecule has 3 heteroatoms. The standard InChI is InChI=1S/C12H12O2S/c13-8-9-15(14)12-7-3-5-10-4-1-2-6-11(10)12/h1-7,13H,8-9H2. The van der Waals surface area contributed by atoms with Crippen LogP contribution >= 0.6 is 0 Å². The van der Waals surface area contributed by atoms with Gasteiger partial charge in [-0.25, -0.2) is 0 Å². The highest BCUT2D eigenvalue weighted by atomic mass is 32.2. The SMILES string of the molecule is O=S(CCO)c1cccc2ccccc12. The fraction of sp³-hybridized carbons (Fsp3) is 0.167. The Labute approximate surface area is 91.0 Å². The monoisotopic (exact) mass is 220 g/mol. The molecule has 0 aliphatic heterocycles. The van der Waals surface area contributed by atoms with E-state index in [0.29, 0.717) is 5.75 Å². The van der Waals surface area contributed by atoms with E-state index in [2.05, 4.69) is 0 Å². The molecule has 78 valence electrons. The minimum atomic E-state index is -1.11. The van der Waals surface area contributed by atoms with Gasteiger partial charge in [-0.3, -0.25) is 4.21 Å². The van der Waals surface area contributed by atoms with Gasteiger partial charge in [-0.05, 0) is 16.8 Å². The molecule has 0 amide bonds. The maximum atomic E-state index is 11.8. The van der Waals surface area contributed by atoms with Crippen LogP contribution in [-0.2, 0) is 10.8 Å². The van der Waals surface area contributed by atoms with Gasteiger partial charge in [-0.1, -0.05) is 36.4 Å². The Morgan fingerprint density at radius 1 is 1.07 bits per heavy atom. The van der Waals surface area contributed by atoms with Crippen LogP contribution in [0.4, 0.5) is 0 Å². The molecule has 0 aromatic heterocycles. The Hall–Kier alpha value is -1.19. The predicted molar refractivity (Wildman–Crippen MR) is 62.3 cm³/mol. The van der Waals surface area contributed by atoms with E-state index in [9.17, 15) is 4.21 Å². The van der Waals surface area contributed by atoms with Crippen molar-refractivity contribution in [1.82, 2.24) is 0 Å². The minimum absolute atomic E-state index is 0.0458. The second-order valence-electron chi connectivity index (χ2n) is 3.25. The zero-order valence-corrected chi connectivity index (χ0v) is 9.04. The molecule has 0 aliphatic rings. The summed E-state index contributed by atoms with van der Waals surface area (Å²) >= 11 is 0. The smallest absolute Gasteiger partial charge is 0.0559 e. The Kier molecular flexibility index (Phi) is 3.14. The van der Waals surface area contributed by atoms with E-state index in [4.69, 9.17) is 5.11 Å². The molecular formula is C12H12O2S. The minimum Gasteiger partial charge on any atom is -0.395 e. The third kappa shape index (κ3) is 2.08. The fourth-order valence-corrected chi connectivity index (χ4v) is 2.63. The molecule has 15 heavy (non-hydrogen) atoms. The molecular weight excluding hydrogens is 208 g/mol. The molecule has 0 radical (unpaired) electrons. The summed E-state index contributed by atoms with van der Waals surface area (Å²) in [5.74, 6) is 0.300. The van der Waals surface area contributed by atoms with E-state index in [0.717, 1.165) is 15.7 Å². The van der Waals surface area contributed by atoms with Crippen LogP contribution in [0.5, 0.6) is 0 Å². The van der Waals surface area contributed by atoms with Gasteiger partial charge in [0.25, 0.3) is 0 Å². The van der Waals surface area contributed by atoms with Gasteiger partial charge < -0.3 is 5.11 Å². The summed E-state index contributed by atoms with van der Waals surface area (Å²) in [6, 6.07) is 13.6. The van der Waals surface area contributed by atoms with Crippen LogP contribution in [0.1, 0.15) is 0 Å². The number of aliphatic hydroxyl groups excluding tert-OH is 1. The van der Waals surface area contributed by atoms with Crippen molar-refractivity contribution < 1.29 is 9.32 Å². The Morgan fingerprint density at radius 3 is 2.60 bits per heavy atom. The molecule has 0 bridgehead atoms. The molecule has 1 N–H and O–H groups in total. The fourth-order valence-electron chi connectivity index (χ4n) is 1.59. The predicted octanol–water partition coefficient (Wildman–Crippen LogP) is 1.94. The van der Waals surface area contributed by atoms with Crippen molar-refractivity contribution >= 4 is 21.6 Å². The second kappa shape index (κ2) is 4.55. The first-order valence-corrected chi connectivity index (χ1v) is 6.12. The summed E-state index contributed by atoms with van der Waals surface area (Å²) < 4.78 is 11.8. The van der Waals surface area contributed by atoms with E-state index >= 15 is 0 Å². The first-order valence-electron chi connectivity index (χ1n) is 4.80. The van der Waals surface area contributed by atoms with Gasteiger partial charge in [-0.2, -0.15) is 0 Å². The maximum absolute atomic E-state index is 11.8. The molecule has 2 nitrogen and oxygen atoms in total. The lowest BCUT2D eigenvalue weighted by molar-refractivity contribution is 0.321. The van der Waals surface area contributed by atoms with E-state index in [1.165, 1.54) is 0 Å². The van der Waals surface area contributed by atoms with Gasteiger partial charge in [0, 0.05) is 4.90 Å². The molecule has 0 saturated carbocycles. The molecule has 1 atom stereocenters. The first kappa shape index (κ1) is 10.3. The number of rotatable bonds is 3. The average Bonchev–Trinajstić information content (AvgIpc) is 2.28. The van der Waals surface area contributed by atoms with Gasteiger partial charge in [0.2, 0.25) is 0 Å². The lowest BCUT2D eigenvalue weighted by Gasteiger charge is -2.04. The molecule has 2 aromatic rings. The normalized spacial score (nSPS) is 12.9. The highest BCUT2D eigenvalue weighted by Gasteiger charge is 2.06. The van der Waals surface area contributed by atoms with Crippen LogP contribution in [-0.4, -0.2) is 21.7 Å². The highest BCUT2D eigenvalue weighted by molar-refractivity contribution is 7.85. The van der Waals surface area contributed by atoms with Crippen molar-refractivity contribution in [1.29, 1.82) is 0 Å². The second-order valence-corrected chi connectivity index (χ2v) is 4.79. The van der Waals surface area contributed by atoms with Crippen molar-refractivity contribution in [3.8, 4) is 0 Å². The number of aliphatic hydroxyl groups is 1. The Bertz CT molecular complexity index is 488. The molecule has 1 unspecified atom stereocenters. The Balaban J connectivity index is 2.56. The lowest BCUT2D eigenvalue weighted by Crippen LogP contribution is -2.02. The van der Waals surface area contributed by atoms with E-state index < -0.39 is 10.8 Å². The van der Waals surface area contributed by atoms with Crippen molar-refractivity contribution in [3.63, 3.8) is 0 Å². The molecule has 2 rings (SSSR count). The van der Waals surface area contributed by atoms with Crippen LogP contribution in [0, 0.1) is 0 Å². The van der Waals surface area contributed by atoms with Gasteiger partial charge in [0.1, 0.15) is 0 Å². The van der Waals surface area contributed by atoms with Gasteiger partial charge in [0.05, 0.1) is 23.2 Å². The quantitative estimate of drug-likeness (QED) is 0.858. The summed E-state index contributed by atoms with van der Waals surface area (Å²) in [6.07, 6.45) is 0. The molecule has 0 heterocycles. The lowest BCUT2D eigenvalue weighted by atomic mass is 10.1. The van der Waals surface area contributed by atoms with Crippen molar-refractivity contribution in [2.75, 3.05) is 12.4 Å². The largest absolute Gasteiger partial charge is 0.395 e. The average molecular weight is 220 g/mol. The van der Waals surface area contributed by atoms with E-state index in [1.54, 1.807) is 0 Å². The molecule has 0 aliphatic carbocycles. The molecule has 2 aromatic carbocycles. The molecule has 0 spiro atoms. The van der Waals surface area contributed by atoms with Crippen molar-refractivity contribution in [2.45, 2.75) is 4.90 Å². The van der Waals surface area contributed by atoms with E-state index in [-0.39, 0.29) is 6.61 Å². The summed E-state index contributed by atoms with van der Waals surface area (Å²) in [5, 5.41) is 10.9. The Morgan fingerprint density at radius 2 is 1.80 bits per heavy atom. The number of benzene rings is 2. The summed E-state index contributed by atoms with van der Waals surface area (Å²) in [5.41, 5.74) is 0. The highest BCUT2D eigenvalue weighted by Crippen LogP contribution is 2.21. The van der Waals surface area contributed by atoms with Crippen molar-refractivity contribution in [2.24, 2.45) is 0 Å². The zero-order valence-electron chi connectivity index (χ0n) is 8.22. The first-order chi connectivity index (χ1) is 7.33. The van der Waals surface area contributed by atoms with Gasteiger partial charge >= 0.3 is 0 Å². The van der Waals surface area contributed by atoms with Crippen LogP contribution in [0.25, 0.3) is 10.8 Å². The molecule has 0 saturated heterocycles.